The van der Waals surface area contributed by atoms with Crippen LogP contribution in [-0.4, -0.2) is 40.7 Å². The molecule has 0 radical (unpaired) electrons. The number of rotatable bonds is 7. The highest BCUT2D eigenvalue weighted by Crippen LogP contribution is 2.36. The lowest BCUT2D eigenvalue weighted by Crippen LogP contribution is -2.34. The molecule has 1 aromatic carbocycles. The van der Waals surface area contributed by atoms with E-state index in [1.807, 2.05) is 6.92 Å². The van der Waals surface area contributed by atoms with Crippen molar-refractivity contribution in [1.29, 1.82) is 0 Å². The largest absolute Gasteiger partial charge is 0.481 e. The number of hydrogen-bond acceptors (Lipinski definition) is 5. The van der Waals surface area contributed by atoms with Gasteiger partial charge in [0.25, 0.3) is 5.88 Å². The molecule has 1 aliphatic heterocycles. The minimum absolute atomic E-state index is 0.0282. The molecule has 2 N–H and O–H groups in total. The zero-order valence-corrected chi connectivity index (χ0v) is 15.9. The van der Waals surface area contributed by atoms with Crippen molar-refractivity contribution in [3.05, 3.63) is 41.3 Å². The quantitative estimate of drug-likeness (QED) is 0.728. The third kappa shape index (κ3) is 4.67. The van der Waals surface area contributed by atoms with Gasteiger partial charge in [-0.05, 0) is 50.4 Å². The van der Waals surface area contributed by atoms with E-state index in [9.17, 15) is 23.1 Å². The maximum absolute atomic E-state index is 14.9. The van der Waals surface area contributed by atoms with E-state index in [1.54, 1.807) is 0 Å². The smallest absolute Gasteiger partial charge is 0.311 e. The van der Waals surface area contributed by atoms with Crippen molar-refractivity contribution < 1.29 is 27.8 Å². The van der Waals surface area contributed by atoms with Crippen molar-refractivity contribution in [2.75, 3.05) is 19.7 Å². The van der Waals surface area contributed by atoms with Gasteiger partial charge in [-0.3, -0.25) is 4.79 Å². The highest BCUT2D eigenvalue weighted by Gasteiger charge is 2.35. The van der Waals surface area contributed by atoms with Crippen molar-refractivity contribution in [3.63, 3.8) is 0 Å². The molecule has 6 nitrogen and oxygen atoms in total. The normalized spacial score (nSPS) is 15.9. The maximum atomic E-state index is 14.9. The van der Waals surface area contributed by atoms with Crippen molar-refractivity contribution >= 4 is 5.97 Å². The fourth-order valence-electron chi connectivity index (χ4n) is 3.54. The second-order valence-electron chi connectivity index (χ2n) is 6.95. The van der Waals surface area contributed by atoms with Gasteiger partial charge < -0.3 is 15.2 Å². The van der Waals surface area contributed by atoms with E-state index in [1.165, 1.54) is 0 Å². The van der Waals surface area contributed by atoms with Crippen molar-refractivity contribution in [2.45, 2.75) is 32.1 Å². The Bertz CT molecular complexity index is 866. The molecule has 0 saturated carbocycles. The van der Waals surface area contributed by atoms with Crippen LogP contribution in [-0.2, 0) is 4.79 Å². The first-order valence-electron chi connectivity index (χ1n) is 9.50. The third-order valence-corrected chi connectivity index (χ3v) is 4.92. The first kappa shape index (κ1) is 21.0. The molecule has 0 aliphatic carbocycles. The van der Waals surface area contributed by atoms with E-state index in [4.69, 9.17) is 4.74 Å². The summed E-state index contributed by atoms with van der Waals surface area (Å²) < 4.78 is 48.7. The van der Waals surface area contributed by atoms with Gasteiger partial charge in [-0.2, -0.15) is 9.37 Å². The van der Waals surface area contributed by atoms with Gasteiger partial charge in [0.1, 0.15) is 11.6 Å². The molecule has 1 fully saturated rings. The van der Waals surface area contributed by atoms with Crippen molar-refractivity contribution in [1.82, 2.24) is 15.3 Å². The molecule has 0 amide bonds. The average Bonchev–Trinajstić information content (AvgIpc) is 2.70. The molecule has 0 spiro atoms. The second kappa shape index (κ2) is 9.21. The fourth-order valence-corrected chi connectivity index (χ4v) is 3.54. The number of carboxylic acids is 1. The SMILES string of the molecule is CCCOc1nc(-c2cc(F)c(C(C(=O)O)C3CCNCC3)c(F)c2)ncc1F. The highest BCUT2D eigenvalue weighted by molar-refractivity contribution is 5.77. The van der Waals surface area contributed by atoms with Gasteiger partial charge in [-0.25, -0.2) is 13.8 Å². The summed E-state index contributed by atoms with van der Waals surface area (Å²) in [5.74, 6) is -6.11. The van der Waals surface area contributed by atoms with Crippen LogP contribution in [0.4, 0.5) is 13.2 Å². The van der Waals surface area contributed by atoms with Crippen LogP contribution in [0.15, 0.2) is 18.3 Å². The molecule has 1 atom stereocenters. The average molecular weight is 409 g/mol. The number of carboxylic acid groups (broad SMARTS) is 1. The van der Waals surface area contributed by atoms with Gasteiger partial charge in [-0.1, -0.05) is 6.92 Å². The lowest BCUT2D eigenvalue weighted by Gasteiger charge is -2.28. The Morgan fingerprint density at radius 3 is 2.48 bits per heavy atom. The summed E-state index contributed by atoms with van der Waals surface area (Å²) in [7, 11) is 0. The fraction of sp³-hybridized carbons (Fsp3) is 0.450. The van der Waals surface area contributed by atoms with Crippen LogP contribution in [0.25, 0.3) is 11.4 Å². The van der Waals surface area contributed by atoms with Gasteiger partial charge in [0.05, 0.1) is 18.7 Å². The number of carbonyl (C=O) groups is 1. The van der Waals surface area contributed by atoms with Crippen LogP contribution in [0.5, 0.6) is 5.88 Å². The van der Waals surface area contributed by atoms with Crippen molar-refractivity contribution in [2.24, 2.45) is 5.92 Å². The number of hydrogen-bond donors (Lipinski definition) is 2. The minimum Gasteiger partial charge on any atom is -0.481 e. The summed E-state index contributed by atoms with van der Waals surface area (Å²) in [5, 5.41) is 12.7. The lowest BCUT2D eigenvalue weighted by molar-refractivity contribution is -0.140. The van der Waals surface area contributed by atoms with E-state index in [0.29, 0.717) is 32.4 Å². The molecule has 156 valence electrons. The Kier molecular flexibility index (Phi) is 6.68. The van der Waals surface area contributed by atoms with Crippen LogP contribution in [0.3, 0.4) is 0 Å². The summed E-state index contributed by atoms with van der Waals surface area (Å²) >= 11 is 0. The lowest BCUT2D eigenvalue weighted by atomic mass is 9.79. The van der Waals surface area contributed by atoms with E-state index >= 15 is 0 Å². The van der Waals surface area contributed by atoms with Crippen LogP contribution in [0, 0.1) is 23.4 Å². The predicted molar refractivity (Wildman–Crippen MR) is 99.1 cm³/mol. The molecule has 2 heterocycles. The second-order valence-corrected chi connectivity index (χ2v) is 6.95. The zero-order chi connectivity index (χ0) is 21.0. The molecule has 1 aliphatic rings. The monoisotopic (exact) mass is 409 g/mol. The van der Waals surface area contributed by atoms with Gasteiger partial charge in [0, 0.05) is 11.1 Å². The van der Waals surface area contributed by atoms with Crippen molar-refractivity contribution in [3.8, 4) is 17.3 Å². The number of aliphatic carboxylic acids is 1. The Hall–Kier alpha value is -2.68. The van der Waals surface area contributed by atoms with Gasteiger partial charge in [0.15, 0.2) is 5.82 Å². The first-order valence-corrected chi connectivity index (χ1v) is 9.50. The van der Waals surface area contributed by atoms with Gasteiger partial charge in [-0.15, -0.1) is 0 Å². The summed E-state index contributed by atoms with van der Waals surface area (Å²) in [5.41, 5.74) is -0.503. The molecule has 1 saturated heterocycles. The maximum Gasteiger partial charge on any atom is 0.311 e. The van der Waals surface area contributed by atoms with E-state index in [-0.39, 0.29) is 29.8 Å². The van der Waals surface area contributed by atoms with Gasteiger partial charge in [0.2, 0.25) is 5.82 Å². The Balaban J connectivity index is 1.98. The third-order valence-electron chi connectivity index (χ3n) is 4.92. The summed E-state index contributed by atoms with van der Waals surface area (Å²) in [6.07, 6.45) is 2.52. The number of aromatic nitrogens is 2. The van der Waals surface area contributed by atoms with Crippen LogP contribution in [0.1, 0.15) is 37.7 Å². The Labute approximate surface area is 166 Å². The number of benzene rings is 1. The molecular weight excluding hydrogens is 387 g/mol. The first-order chi connectivity index (χ1) is 13.9. The number of nitrogens with zero attached hydrogens (tertiary/aromatic N) is 2. The summed E-state index contributed by atoms with van der Waals surface area (Å²) in [6, 6.07) is 1.96. The standard InChI is InChI=1S/C20H22F3N3O3/c1-2-7-29-19-15(23)10-25-18(26-19)12-8-13(21)17(14(22)9-12)16(20(27)28)11-3-5-24-6-4-11/h8-11,16,24H,2-7H2,1H3,(H,27,28). The number of ether oxygens (including phenoxy) is 1. The zero-order valence-electron chi connectivity index (χ0n) is 15.9. The predicted octanol–water partition coefficient (Wildman–Crippen LogP) is 3.52. The van der Waals surface area contributed by atoms with Crippen LogP contribution >= 0.6 is 0 Å². The molecule has 0 bridgehead atoms. The van der Waals surface area contributed by atoms with Crippen LogP contribution in [0.2, 0.25) is 0 Å². The van der Waals surface area contributed by atoms with E-state index < -0.39 is 34.9 Å². The molecular formula is C20H22F3N3O3. The Morgan fingerprint density at radius 1 is 1.24 bits per heavy atom. The van der Waals surface area contributed by atoms with Crippen LogP contribution < -0.4 is 10.1 Å². The van der Waals surface area contributed by atoms with E-state index in [0.717, 1.165) is 18.3 Å². The molecule has 3 rings (SSSR count). The summed E-state index contributed by atoms with van der Waals surface area (Å²) in [4.78, 5) is 19.5. The topological polar surface area (TPSA) is 84.3 Å². The van der Waals surface area contributed by atoms with E-state index in [2.05, 4.69) is 15.3 Å². The molecule has 1 unspecified atom stereocenters. The Morgan fingerprint density at radius 2 is 1.90 bits per heavy atom. The summed E-state index contributed by atoms with van der Waals surface area (Å²) in [6.45, 7) is 3.26. The molecule has 9 heteroatoms. The van der Waals surface area contributed by atoms with Gasteiger partial charge >= 0.3 is 5.97 Å². The highest BCUT2D eigenvalue weighted by atomic mass is 19.1. The molecule has 1 aromatic heterocycles. The molecule has 29 heavy (non-hydrogen) atoms. The molecule has 2 aromatic rings. The number of nitrogens with one attached hydrogen (secondary N) is 1. The number of halogens is 3. The number of piperidine rings is 1. The minimum atomic E-state index is -1.29.